The number of benzene rings is 1. The third-order valence-corrected chi connectivity index (χ3v) is 5.89. The number of carboxylic acid groups (broad SMARTS) is 1. The van der Waals surface area contributed by atoms with Crippen LogP contribution < -0.4 is 10.1 Å². The number of hydrogen-bond donors (Lipinski definition) is 2. The maximum Gasteiger partial charge on any atom is 0.395 e. The Bertz CT molecular complexity index is 691. The predicted octanol–water partition coefficient (Wildman–Crippen LogP) is 4.75. The van der Waals surface area contributed by atoms with Gasteiger partial charge in [-0.05, 0) is 55.9 Å². The van der Waals surface area contributed by atoms with Gasteiger partial charge in [-0.25, -0.2) is 4.79 Å². The third kappa shape index (κ3) is 4.51. The first-order valence-electron chi connectivity index (χ1n) is 9.15. The van der Waals surface area contributed by atoms with E-state index < -0.39 is 17.6 Å². The van der Waals surface area contributed by atoms with Crippen LogP contribution in [-0.2, 0) is 5.88 Å². The lowest BCUT2D eigenvalue weighted by molar-refractivity contribution is -0.186. The van der Waals surface area contributed by atoms with E-state index in [4.69, 9.17) is 21.4 Å². The lowest BCUT2D eigenvalue weighted by atomic mass is 9.91. The van der Waals surface area contributed by atoms with Crippen molar-refractivity contribution in [2.45, 2.75) is 62.7 Å². The standard InChI is InChI=1S/C19H23ClF3NO3/c20-10-12-9-13(5-6-14(12)17(25)26)27-16-4-2-1-3-15(16)24-11-18(7-8-18)19(21,22)23/h5-6,9,15-16,24H,1-4,7-8,10-11H2,(H,25,26)/t15-,16-/m0/s1. The Labute approximate surface area is 161 Å². The lowest BCUT2D eigenvalue weighted by Crippen LogP contribution is -2.49. The summed E-state index contributed by atoms with van der Waals surface area (Å²) in [4.78, 5) is 11.2. The Morgan fingerprint density at radius 3 is 2.59 bits per heavy atom. The second-order valence-corrected chi connectivity index (χ2v) is 7.73. The van der Waals surface area contributed by atoms with Crippen LogP contribution in [0, 0.1) is 5.41 Å². The molecule has 1 aromatic carbocycles. The van der Waals surface area contributed by atoms with E-state index in [2.05, 4.69) is 5.32 Å². The van der Waals surface area contributed by atoms with Crippen LogP contribution in [0.1, 0.15) is 54.4 Å². The van der Waals surface area contributed by atoms with E-state index in [1.54, 1.807) is 12.1 Å². The molecule has 0 radical (unpaired) electrons. The molecule has 27 heavy (non-hydrogen) atoms. The highest BCUT2D eigenvalue weighted by Crippen LogP contribution is 2.57. The zero-order valence-corrected chi connectivity index (χ0v) is 15.6. The summed E-state index contributed by atoms with van der Waals surface area (Å²) < 4.78 is 45.5. The minimum atomic E-state index is -4.17. The molecule has 2 atom stereocenters. The van der Waals surface area contributed by atoms with Gasteiger partial charge in [-0.1, -0.05) is 6.42 Å². The number of rotatable bonds is 7. The van der Waals surface area contributed by atoms with Gasteiger partial charge in [-0.2, -0.15) is 13.2 Å². The van der Waals surface area contributed by atoms with Crippen molar-refractivity contribution < 1.29 is 27.8 Å². The summed E-state index contributed by atoms with van der Waals surface area (Å²) >= 11 is 5.83. The van der Waals surface area contributed by atoms with Gasteiger partial charge in [0.25, 0.3) is 0 Å². The maximum absolute atomic E-state index is 13.1. The first-order valence-corrected chi connectivity index (χ1v) is 9.68. The first kappa shape index (κ1) is 20.3. The molecule has 0 bridgehead atoms. The van der Waals surface area contributed by atoms with Gasteiger partial charge in [0, 0.05) is 18.5 Å². The summed E-state index contributed by atoms with van der Waals surface area (Å²) in [5, 5.41) is 12.3. The monoisotopic (exact) mass is 405 g/mol. The van der Waals surface area contributed by atoms with Crippen LogP contribution in [0.2, 0.25) is 0 Å². The van der Waals surface area contributed by atoms with Gasteiger partial charge < -0.3 is 15.2 Å². The van der Waals surface area contributed by atoms with Crippen LogP contribution in [-0.4, -0.2) is 35.9 Å². The van der Waals surface area contributed by atoms with Gasteiger partial charge in [0.05, 0.1) is 11.0 Å². The van der Waals surface area contributed by atoms with Gasteiger partial charge in [-0.3, -0.25) is 0 Å². The molecule has 2 fully saturated rings. The van der Waals surface area contributed by atoms with Crippen LogP contribution in [0.15, 0.2) is 18.2 Å². The number of carbonyl (C=O) groups is 1. The lowest BCUT2D eigenvalue weighted by Gasteiger charge is -2.34. The van der Waals surface area contributed by atoms with Crippen LogP contribution >= 0.6 is 11.6 Å². The van der Waals surface area contributed by atoms with E-state index in [-0.39, 0.29) is 43.0 Å². The van der Waals surface area contributed by atoms with Gasteiger partial charge in [0.1, 0.15) is 11.9 Å². The van der Waals surface area contributed by atoms with Crippen molar-refractivity contribution in [2.24, 2.45) is 5.41 Å². The molecule has 2 aliphatic rings. The number of halogens is 4. The van der Waals surface area contributed by atoms with Crippen molar-refractivity contribution in [2.75, 3.05) is 6.54 Å². The van der Waals surface area contributed by atoms with Crippen LogP contribution in [0.25, 0.3) is 0 Å². The molecule has 0 spiro atoms. The second-order valence-electron chi connectivity index (χ2n) is 7.46. The molecule has 0 aromatic heterocycles. The molecule has 4 nitrogen and oxygen atoms in total. The predicted molar refractivity (Wildman–Crippen MR) is 95.4 cm³/mol. The Morgan fingerprint density at radius 1 is 1.30 bits per heavy atom. The number of alkyl halides is 4. The molecule has 3 rings (SSSR count). The van der Waals surface area contributed by atoms with Gasteiger partial charge in [-0.15, -0.1) is 11.6 Å². The van der Waals surface area contributed by atoms with Crippen molar-refractivity contribution in [3.63, 3.8) is 0 Å². The Kier molecular flexibility index (Phi) is 5.91. The molecule has 0 unspecified atom stereocenters. The molecule has 0 heterocycles. The largest absolute Gasteiger partial charge is 0.489 e. The molecule has 0 amide bonds. The minimum absolute atomic E-state index is 0.0410. The number of aromatic carboxylic acids is 1. The summed E-state index contributed by atoms with van der Waals surface area (Å²) in [5.74, 6) is -0.526. The number of nitrogens with one attached hydrogen (secondary N) is 1. The van der Waals surface area contributed by atoms with Crippen molar-refractivity contribution in [1.82, 2.24) is 5.32 Å². The fourth-order valence-electron chi connectivity index (χ4n) is 3.65. The second kappa shape index (κ2) is 7.87. The van der Waals surface area contributed by atoms with Gasteiger partial charge in [0.15, 0.2) is 0 Å². The zero-order valence-electron chi connectivity index (χ0n) is 14.8. The topological polar surface area (TPSA) is 58.6 Å². The normalized spacial score (nSPS) is 24.4. The molecule has 0 saturated heterocycles. The zero-order chi connectivity index (χ0) is 19.7. The van der Waals surface area contributed by atoms with Crippen LogP contribution in [0.4, 0.5) is 13.2 Å². The number of hydrogen-bond acceptors (Lipinski definition) is 3. The molecule has 2 N–H and O–H groups in total. The van der Waals surface area contributed by atoms with Crippen molar-refractivity contribution in [1.29, 1.82) is 0 Å². The van der Waals surface area contributed by atoms with E-state index in [1.165, 1.54) is 6.07 Å². The SMILES string of the molecule is O=C(O)c1ccc(O[C@H]2CCCC[C@@H]2NCC2(C(F)(F)F)CC2)cc1CCl. The number of ether oxygens (including phenoxy) is 1. The highest BCUT2D eigenvalue weighted by Gasteiger charge is 2.62. The maximum atomic E-state index is 13.1. The highest BCUT2D eigenvalue weighted by molar-refractivity contribution is 6.17. The molecular weight excluding hydrogens is 383 g/mol. The Morgan fingerprint density at radius 2 is 2.00 bits per heavy atom. The quantitative estimate of drug-likeness (QED) is 0.643. The molecule has 1 aromatic rings. The molecule has 150 valence electrons. The van der Waals surface area contributed by atoms with E-state index in [1.807, 2.05) is 0 Å². The fourth-order valence-corrected chi connectivity index (χ4v) is 3.87. The van der Waals surface area contributed by atoms with Gasteiger partial charge >= 0.3 is 12.1 Å². The molecule has 0 aliphatic heterocycles. The van der Waals surface area contributed by atoms with E-state index in [9.17, 15) is 18.0 Å². The molecular formula is C19H23ClF3NO3. The average Bonchev–Trinajstić information content (AvgIpc) is 3.42. The Balaban J connectivity index is 1.66. The summed E-state index contributed by atoms with van der Waals surface area (Å²) in [6, 6.07) is 4.46. The highest BCUT2D eigenvalue weighted by atomic mass is 35.5. The third-order valence-electron chi connectivity index (χ3n) is 5.60. The van der Waals surface area contributed by atoms with E-state index in [0.29, 0.717) is 11.3 Å². The van der Waals surface area contributed by atoms with Crippen molar-refractivity contribution in [3.05, 3.63) is 29.3 Å². The summed E-state index contributed by atoms with van der Waals surface area (Å²) in [6.07, 6.45) is -0.671. The van der Waals surface area contributed by atoms with E-state index in [0.717, 1.165) is 25.7 Å². The fraction of sp³-hybridized carbons (Fsp3) is 0.632. The summed E-state index contributed by atoms with van der Waals surface area (Å²) in [5.41, 5.74) is -1.00. The first-order chi connectivity index (χ1) is 12.8. The van der Waals surface area contributed by atoms with Gasteiger partial charge in [0.2, 0.25) is 0 Å². The molecule has 2 saturated carbocycles. The minimum Gasteiger partial charge on any atom is -0.489 e. The smallest absolute Gasteiger partial charge is 0.395 e. The Hall–Kier alpha value is -1.47. The molecule has 8 heteroatoms. The van der Waals surface area contributed by atoms with E-state index >= 15 is 0 Å². The van der Waals surface area contributed by atoms with Crippen LogP contribution in [0.5, 0.6) is 5.75 Å². The average molecular weight is 406 g/mol. The van der Waals surface area contributed by atoms with Crippen LogP contribution in [0.3, 0.4) is 0 Å². The van der Waals surface area contributed by atoms with Crippen molar-refractivity contribution in [3.8, 4) is 5.75 Å². The molecule has 2 aliphatic carbocycles. The summed E-state index contributed by atoms with van der Waals surface area (Å²) in [6.45, 7) is -0.0775. The summed E-state index contributed by atoms with van der Waals surface area (Å²) in [7, 11) is 0. The van der Waals surface area contributed by atoms with Crippen molar-refractivity contribution >= 4 is 17.6 Å². The number of carboxylic acids is 1.